The van der Waals surface area contributed by atoms with Crippen molar-refractivity contribution in [1.29, 1.82) is 0 Å². The van der Waals surface area contributed by atoms with Gasteiger partial charge in [0, 0.05) is 30.6 Å². The molecule has 0 aliphatic carbocycles. The Morgan fingerprint density at radius 3 is 2.68 bits per heavy atom. The highest BCUT2D eigenvalue weighted by Crippen LogP contribution is 2.37. The average molecular weight is 327 g/mol. The Bertz CT molecular complexity index is 602. The van der Waals surface area contributed by atoms with Crippen LogP contribution in [0.2, 0.25) is 5.02 Å². The number of hydrogen-bond donors (Lipinski definition) is 0. The molecule has 2 fully saturated rings. The standard InChI is InChI=1S/C16H20ClFN2O2/c1-16(2,3)22-15(21)20-8-10-7-19(9-14(10)20)13-5-4-11(17)6-12(13)18/h4-6,10,14H,7-9H2,1-3H3/t10-,14-/m1/s1. The van der Waals surface area contributed by atoms with Gasteiger partial charge in [0.25, 0.3) is 0 Å². The van der Waals surface area contributed by atoms with Gasteiger partial charge in [0.1, 0.15) is 11.4 Å². The maximum absolute atomic E-state index is 14.0. The Kier molecular flexibility index (Phi) is 3.71. The fourth-order valence-electron chi connectivity index (χ4n) is 3.10. The zero-order valence-electron chi connectivity index (χ0n) is 13.0. The van der Waals surface area contributed by atoms with Gasteiger partial charge >= 0.3 is 6.09 Å². The number of hydrogen-bond acceptors (Lipinski definition) is 3. The Hall–Kier alpha value is -1.49. The molecule has 1 aromatic rings. The van der Waals surface area contributed by atoms with E-state index in [9.17, 15) is 9.18 Å². The number of rotatable bonds is 1. The molecule has 0 spiro atoms. The average Bonchev–Trinajstić information content (AvgIpc) is 2.65. The number of amides is 1. The third-order valence-corrected chi connectivity index (χ3v) is 4.35. The first-order chi connectivity index (χ1) is 10.2. The third kappa shape index (κ3) is 2.86. The lowest BCUT2D eigenvalue weighted by molar-refractivity contribution is -0.0163. The first kappa shape index (κ1) is 15.4. The van der Waals surface area contributed by atoms with E-state index in [1.807, 2.05) is 25.7 Å². The first-order valence-electron chi connectivity index (χ1n) is 7.44. The molecule has 0 N–H and O–H groups in total. The van der Waals surface area contributed by atoms with Crippen molar-refractivity contribution in [2.45, 2.75) is 32.4 Å². The van der Waals surface area contributed by atoms with Crippen LogP contribution in [0.3, 0.4) is 0 Å². The van der Waals surface area contributed by atoms with Crippen LogP contribution >= 0.6 is 11.6 Å². The number of carbonyl (C=O) groups excluding carboxylic acids is 1. The van der Waals surface area contributed by atoms with Crippen LogP contribution in [0.1, 0.15) is 20.8 Å². The number of anilines is 1. The quantitative estimate of drug-likeness (QED) is 0.791. The number of likely N-dealkylation sites (tertiary alicyclic amines) is 1. The van der Waals surface area contributed by atoms with Gasteiger partial charge < -0.3 is 14.5 Å². The summed E-state index contributed by atoms with van der Waals surface area (Å²) in [6.07, 6.45) is -0.285. The predicted molar refractivity (Wildman–Crippen MR) is 83.8 cm³/mol. The van der Waals surface area contributed by atoms with Gasteiger partial charge in [-0.3, -0.25) is 0 Å². The van der Waals surface area contributed by atoms with Crippen molar-refractivity contribution in [3.8, 4) is 0 Å². The van der Waals surface area contributed by atoms with E-state index in [0.717, 1.165) is 6.54 Å². The lowest BCUT2D eigenvalue weighted by Crippen LogP contribution is -2.59. The van der Waals surface area contributed by atoms with Gasteiger partial charge in [-0.1, -0.05) is 11.6 Å². The van der Waals surface area contributed by atoms with Crippen LogP contribution in [0.4, 0.5) is 14.9 Å². The van der Waals surface area contributed by atoms with Crippen LogP contribution in [0.15, 0.2) is 18.2 Å². The zero-order chi connectivity index (χ0) is 16.1. The van der Waals surface area contributed by atoms with E-state index in [2.05, 4.69) is 0 Å². The largest absolute Gasteiger partial charge is 0.444 e. The van der Waals surface area contributed by atoms with Gasteiger partial charge in [-0.15, -0.1) is 0 Å². The Labute approximate surface area is 134 Å². The second-order valence-corrected chi connectivity index (χ2v) is 7.40. The lowest BCUT2D eigenvalue weighted by atomic mass is 9.93. The summed E-state index contributed by atoms with van der Waals surface area (Å²) in [4.78, 5) is 15.8. The molecule has 0 saturated carbocycles. The summed E-state index contributed by atoms with van der Waals surface area (Å²) in [5.74, 6) is 0.0558. The molecule has 6 heteroatoms. The molecular formula is C16H20ClFN2O2. The maximum Gasteiger partial charge on any atom is 0.410 e. The van der Waals surface area contributed by atoms with E-state index in [-0.39, 0.29) is 18.0 Å². The molecule has 22 heavy (non-hydrogen) atoms. The van der Waals surface area contributed by atoms with E-state index >= 15 is 0 Å². The Balaban J connectivity index is 1.67. The number of benzene rings is 1. The topological polar surface area (TPSA) is 32.8 Å². The molecule has 2 aliphatic rings. The SMILES string of the molecule is CC(C)(C)OC(=O)N1C[C@H]2CN(c3ccc(Cl)cc3F)C[C@H]21. The van der Waals surface area contributed by atoms with E-state index in [1.165, 1.54) is 6.07 Å². The van der Waals surface area contributed by atoms with Crippen molar-refractivity contribution in [1.82, 2.24) is 4.90 Å². The van der Waals surface area contributed by atoms with Gasteiger partial charge in [0.2, 0.25) is 0 Å². The number of ether oxygens (including phenoxy) is 1. The highest BCUT2D eigenvalue weighted by atomic mass is 35.5. The Morgan fingerprint density at radius 2 is 2.05 bits per heavy atom. The van der Waals surface area contributed by atoms with Gasteiger partial charge in [0.05, 0.1) is 11.7 Å². The zero-order valence-corrected chi connectivity index (χ0v) is 13.7. The first-order valence-corrected chi connectivity index (χ1v) is 7.82. The molecule has 1 amide bonds. The molecule has 0 aromatic heterocycles. The molecule has 2 heterocycles. The van der Waals surface area contributed by atoms with Gasteiger partial charge in [-0.05, 0) is 39.0 Å². The molecule has 0 bridgehead atoms. The third-order valence-electron chi connectivity index (χ3n) is 4.12. The number of carbonyl (C=O) groups is 1. The van der Waals surface area contributed by atoms with Crippen molar-refractivity contribution < 1.29 is 13.9 Å². The van der Waals surface area contributed by atoms with E-state index < -0.39 is 5.60 Å². The smallest absolute Gasteiger partial charge is 0.410 e. The molecule has 4 nitrogen and oxygen atoms in total. The summed E-state index contributed by atoms with van der Waals surface area (Å²) in [7, 11) is 0. The molecule has 1 aromatic carbocycles. The normalized spacial score (nSPS) is 24.0. The Morgan fingerprint density at radius 1 is 1.32 bits per heavy atom. The highest BCUT2D eigenvalue weighted by molar-refractivity contribution is 6.30. The highest BCUT2D eigenvalue weighted by Gasteiger charge is 2.49. The van der Waals surface area contributed by atoms with E-state index in [0.29, 0.717) is 29.7 Å². The second kappa shape index (κ2) is 5.30. The van der Waals surface area contributed by atoms with Gasteiger partial charge in [-0.25, -0.2) is 9.18 Å². The van der Waals surface area contributed by atoms with Crippen LogP contribution in [-0.2, 0) is 4.74 Å². The van der Waals surface area contributed by atoms with Crippen molar-refractivity contribution in [3.63, 3.8) is 0 Å². The van der Waals surface area contributed by atoms with Crippen LogP contribution in [0, 0.1) is 11.7 Å². The number of nitrogens with zero attached hydrogens (tertiary/aromatic N) is 2. The summed E-state index contributed by atoms with van der Waals surface area (Å²) in [5, 5.41) is 0.388. The van der Waals surface area contributed by atoms with Crippen molar-refractivity contribution in [2.24, 2.45) is 5.92 Å². The summed E-state index contributed by atoms with van der Waals surface area (Å²) >= 11 is 5.79. The second-order valence-electron chi connectivity index (χ2n) is 6.96. The van der Waals surface area contributed by atoms with E-state index in [1.54, 1.807) is 17.0 Å². The number of halogens is 2. The lowest BCUT2D eigenvalue weighted by Gasteiger charge is -2.43. The summed E-state index contributed by atoms with van der Waals surface area (Å²) in [6, 6.07) is 4.80. The molecule has 120 valence electrons. The number of fused-ring (bicyclic) bond motifs is 1. The van der Waals surface area contributed by atoms with Crippen molar-refractivity contribution in [2.75, 3.05) is 24.5 Å². The molecule has 2 saturated heterocycles. The minimum absolute atomic E-state index is 0.102. The van der Waals surface area contributed by atoms with Crippen LogP contribution in [0.5, 0.6) is 0 Å². The van der Waals surface area contributed by atoms with Crippen LogP contribution in [-0.4, -0.2) is 42.3 Å². The molecule has 2 aliphatic heterocycles. The molecule has 0 unspecified atom stereocenters. The maximum atomic E-state index is 14.0. The summed E-state index contributed by atoms with van der Waals surface area (Å²) < 4.78 is 19.4. The van der Waals surface area contributed by atoms with Gasteiger partial charge in [-0.2, -0.15) is 0 Å². The fraction of sp³-hybridized carbons (Fsp3) is 0.562. The minimum atomic E-state index is -0.497. The van der Waals surface area contributed by atoms with Crippen LogP contribution in [0.25, 0.3) is 0 Å². The molecule has 3 rings (SSSR count). The molecular weight excluding hydrogens is 307 g/mol. The molecule has 2 atom stereocenters. The van der Waals surface area contributed by atoms with E-state index in [4.69, 9.17) is 16.3 Å². The summed E-state index contributed by atoms with van der Waals surface area (Å²) in [5.41, 5.74) is 0.0471. The molecule has 0 radical (unpaired) electrons. The predicted octanol–water partition coefficient (Wildman–Crippen LogP) is 3.53. The van der Waals surface area contributed by atoms with Crippen LogP contribution < -0.4 is 4.90 Å². The monoisotopic (exact) mass is 326 g/mol. The van der Waals surface area contributed by atoms with Crippen molar-refractivity contribution >= 4 is 23.4 Å². The fourth-order valence-corrected chi connectivity index (χ4v) is 3.26. The minimum Gasteiger partial charge on any atom is -0.444 e. The van der Waals surface area contributed by atoms with Crippen molar-refractivity contribution in [3.05, 3.63) is 29.0 Å². The summed E-state index contributed by atoms with van der Waals surface area (Å²) in [6.45, 7) is 7.61. The van der Waals surface area contributed by atoms with Gasteiger partial charge in [0.15, 0.2) is 0 Å².